The monoisotopic (exact) mass is 293 g/mol. The molecule has 3 nitrogen and oxygen atoms in total. The number of hydrogen-bond acceptors (Lipinski definition) is 2. The largest absolute Gasteiger partial charge is 0.378 e. The Kier molecular flexibility index (Phi) is 6.18. The molecule has 0 unspecified atom stereocenters. The molecule has 1 aliphatic rings. The van der Waals surface area contributed by atoms with Crippen molar-refractivity contribution in [3.63, 3.8) is 0 Å². The maximum absolute atomic E-state index is 13.8. The topological polar surface area (TPSA) is 29.5 Å². The molecule has 1 amide bonds. The number of amides is 1. The number of halogens is 1. The van der Waals surface area contributed by atoms with E-state index < -0.39 is 0 Å². The van der Waals surface area contributed by atoms with Crippen molar-refractivity contribution in [2.45, 2.75) is 39.0 Å². The van der Waals surface area contributed by atoms with Gasteiger partial charge in [0.15, 0.2) is 0 Å². The molecule has 2 rings (SSSR count). The van der Waals surface area contributed by atoms with Crippen LogP contribution in [0.1, 0.15) is 36.8 Å². The van der Waals surface area contributed by atoms with Gasteiger partial charge in [-0.3, -0.25) is 4.79 Å². The molecule has 1 aliphatic heterocycles. The van der Waals surface area contributed by atoms with E-state index in [0.717, 1.165) is 31.2 Å². The summed E-state index contributed by atoms with van der Waals surface area (Å²) in [7, 11) is 0. The first-order valence-corrected chi connectivity index (χ1v) is 7.78. The highest BCUT2D eigenvalue weighted by molar-refractivity contribution is 5.76. The van der Waals surface area contributed by atoms with E-state index in [1.54, 1.807) is 13.0 Å². The number of morpholine rings is 1. The van der Waals surface area contributed by atoms with E-state index in [1.807, 2.05) is 17.0 Å². The van der Waals surface area contributed by atoms with E-state index in [0.29, 0.717) is 38.3 Å². The number of carbonyl (C=O) groups is 1. The van der Waals surface area contributed by atoms with E-state index in [1.165, 1.54) is 0 Å². The number of nitrogens with zero attached hydrogens (tertiary/aromatic N) is 1. The van der Waals surface area contributed by atoms with E-state index in [9.17, 15) is 9.18 Å². The summed E-state index contributed by atoms with van der Waals surface area (Å²) >= 11 is 0. The zero-order valence-electron chi connectivity index (χ0n) is 12.7. The van der Waals surface area contributed by atoms with Crippen molar-refractivity contribution < 1.29 is 13.9 Å². The second-order valence-electron chi connectivity index (χ2n) is 5.60. The summed E-state index contributed by atoms with van der Waals surface area (Å²) in [6, 6.07) is 5.54. The van der Waals surface area contributed by atoms with E-state index in [-0.39, 0.29) is 11.7 Å². The number of unbranched alkanes of at least 4 members (excludes halogenated alkanes) is 2. The third kappa shape index (κ3) is 4.81. The average molecular weight is 293 g/mol. The van der Waals surface area contributed by atoms with E-state index in [2.05, 4.69) is 0 Å². The lowest BCUT2D eigenvalue weighted by molar-refractivity contribution is -0.135. The van der Waals surface area contributed by atoms with Gasteiger partial charge in [-0.15, -0.1) is 0 Å². The van der Waals surface area contributed by atoms with Gasteiger partial charge in [-0.05, 0) is 37.3 Å². The lowest BCUT2D eigenvalue weighted by Crippen LogP contribution is -2.40. The molecule has 0 bridgehead atoms. The minimum absolute atomic E-state index is 0.0816. The van der Waals surface area contributed by atoms with Gasteiger partial charge in [-0.25, -0.2) is 4.39 Å². The van der Waals surface area contributed by atoms with Gasteiger partial charge in [0.1, 0.15) is 5.82 Å². The molecule has 0 aromatic heterocycles. The van der Waals surface area contributed by atoms with Crippen molar-refractivity contribution in [1.82, 2.24) is 4.90 Å². The summed E-state index contributed by atoms with van der Waals surface area (Å²) in [5, 5.41) is 0. The minimum atomic E-state index is -0.0816. The Morgan fingerprint density at radius 3 is 2.76 bits per heavy atom. The number of rotatable bonds is 6. The Hall–Kier alpha value is -1.42. The summed E-state index contributed by atoms with van der Waals surface area (Å²) in [5.74, 6) is 0.141. The summed E-state index contributed by atoms with van der Waals surface area (Å²) in [5.41, 5.74) is 1.49. The SMILES string of the molecule is Cc1cccc(CCCCCC(=O)N2CCOCC2)c1F. The molecule has 0 aliphatic carbocycles. The molecule has 116 valence electrons. The molecule has 1 aromatic carbocycles. The Morgan fingerprint density at radius 2 is 2.00 bits per heavy atom. The van der Waals surface area contributed by atoms with Crippen molar-refractivity contribution in [2.75, 3.05) is 26.3 Å². The maximum atomic E-state index is 13.8. The van der Waals surface area contributed by atoms with E-state index >= 15 is 0 Å². The van der Waals surface area contributed by atoms with Gasteiger partial charge in [-0.2, -0.15) is 0 Å². The number of benzene rings is 1. The zero-order valence-corrected chi connectivity index (χ0v) is 12.7. The van der Waals surface area contributed by atoms with Gasteiger partial charge in [-0.1, -0.05) is 24.6 Å². The van der Waals surface area contributed by atoms with Crippen LogP contribution in [0.15, 0.2) is 18.2 Å². The van der Waals surface area contributed by atoms with Crippen LogP contribution in [-0.2, 0) is 16.0 Å². The first kappa shape index (κ1) is 16.0. The van der Waals surface area contributed by atoms with Gasteiger partial charge < -0.3 is 9.64 Å². The van der Waals surface area contributed by atoms with E-state index in [4.69, 9.17) is 4.74 Å². The zero-order chi connectivity index (χ0) is 15.1. The fourth-order valence-corrected chi connectivity index (χ4v) is 2.64. The van der Waals surface area contributed by atoms with Crippen molar-refractivity contribution >= 4 is 5.91 Å². The van der Waals surface area contributed by atoms with Crippen LogP contribution in [-0.4, -0.2) is 37.1 Å². The predicted molar refractivity (Wildman–Crippen MR) is 80.7 cm³/mol. The molecule has 0 atom stereocenters. The molecule has 1 saturated heterocycles. The molecule has 21 heavy (non-hydrogen) atoms. The molecule has 0 radical (unpaired) electrons. The molecule has 0 spiro atoms. The minimum Gasteiger partial charge on any atom is -0.378 e. The molecule has 0 N–H and O–H groups in total. The average Bonchev–Trinajstić information content (AvgIpc) is 2.51. The number of aryl methyl sites for hydroxylation is 2. The number of hydrogen-bond donors (Lipinski definition) is 0. The third-order valence-corrected chi connectivity index (χ3v) is 3.97. The molecule has 1 aromatic rings. The summed E-state index contributed by atoms with van der Waals surface area (Å²) in [4.78, 5) is 13.8. The molecule has 1 heterocycles. The lowest BCUT2D eigenvalue weighted by Gasteiger charge is -2.26. The normalized spacial score (nSPS) is 15.2. The van der Waals surface area contributed by atoms with Crippen LogP contribution >= 0.6 is 0 Å². The van der Waals surface area contributed by atoms with Crippen LogP contribution in [0.2, 0.25) is 0 Å². The molecule has 4 heteroatoms. The fraction of sp³-hybridized carbons (Fsp3) is 0.588. The summed E-state index contributed by atoms with van der Waals surface area (Å²) in [6.45, 7) is 4.53. The van der Waals surface area contributed by atoms with Crippen molar-refractivity contribution in [3.8, 4) is 0 Å². The van der Waals surface area contributed by atoms with Crippen LogP contribution in [0.5, 0.6) is 0 Å². The Balaban J connectivity index is 1.63. The highest BCUT2D eigenvalue weighted by Crippen LogP contribution is 2.15. The fourth-order valence-electron chi connectivity index (χ4n) is 2.64. The van der Waals surface area contributed by atoms with Gasteiger partial charge in [0.2, 0.25) is 5.91 Å². The standard InChI is InChI=1S/C17H24FNO2/c1-14-6-5-8-15(17(14)18)7-3-2-4-9-16(20)19-10-12-21-13-11-19/h5-6,8H,2-4,7,9-13H2,1H3. The van der Waals surface area contributed by atoms with Gasteiger partial charge in [0.05, 0.1) is 13.2 Å². The second-order valence-corrected chi connectivity index (χ2v) is 5.60. The smallest absolute Gasteiger partial charge is 0.222 e. The summed E-state index contributed by atoms with van der Waals surface area (Å²) < 4.78 is 19.0. The second kappa shape index (κ2) is 8.13. The predicted octanol–water partition coefficient (Wildman–Crippen LogP) is 3.10. The molecule has 1 fully saturated rings. The summed E-state index contributed by atoms with van der Waals surface area (Å²) in [6.07, 6.45) is 4.11. The number of carbonyl (C=O) groups excluding carboxylic acids is 1. The lowest BCUT2D eigenvalue weighted by atomic mass is 10.0. The van der Waals surface area contributed by atoms with Crippen LogP contribution < -0.4 is 0 Å². The van der Waals surface area contributed by atoms with Crippen LogP contribution in [0.25, 0.3) is 0 Å². The van der Waals surface area contributed by atoms with Crippen LogP contribution in [0, 0.1) is 12.7 Å². The maximum Gasteiger partial charge on any atom is 0.222 e. The molecule has 0 saturated carbocycles. The molecular weight excluding hydrogens is 269 g/mol. The Labute approximate surface area is 126 Å². The van der Waals surface area contributed by atoms with Crippen molar-refractivity contribution in [3.05, 3.63) is 35.1 Å². The highest BCUT2D eigenvalue weighted by Gasteiger charge is 2.15. The number of ether oxygens (including phenoxy) is 1. The van der Waals surface area contributed by atoms with Crippen molar-refractivity contribution in [1.29, 1.82) is 0 Å². The van der Waals surface area contributed by atoms with Gasteiger partial charge >= 0.3 is 0 Å². The first-order valence-electron chi connectivity index (χ1n) is 7.78. The highest BCUT2D eigenvalue weighted by atomic mass is 19.1. The third-order valence-electron chi connectivity index (χ3n) is 3.97. The Morgan fingerprint density at radius 1 is 1.24 bits per heavy atom. The van der Waals surface area contributed by atoms with Crippen molar-refractivity contribution in [2.24, 2.45) is 0 Å². The van der Waals surface area contributed by atoms with Crippen LogP contribution in [0.4, 0.5) is 4.39 Å². The van der Waals surface area contributed by atoms with Crippen LogP contribution in [0.3, 0.4) is 0 Å². The quantitative estimate of drug-likeness (QED) is 0.754. The van der Waals surface area contributed by atoms with Gasteiger partial charge in [0, 0.05) is 19.5 Å². The Bertz CT molecular complexity index is 470. The van der Waals surface area contributed by atoms with Gasteiger partial charge in [0.25, 0.3) is 0 Å². The molecular formula is C17H24FNO2. The first-order chi connectivity index (χ1) is 10.2.